The minimum absolute atomic E-state index is 0.0850. The molecule has 18 heavy (non-hydrogen) atoms. The molecule has 0 heterocycles. The third-order valence-electron chi connectivity index (χ3n) is 3.71. The van der Waals surface area contributed by atoms with Crippen LogP contribution in [-0.4, -0.2) is 11.9 Å². The fourth-order valence-corrected chi connectivity index (χ4v) is 2.30. The van der Waals surface area contributed by atoms with Crippen LogP contribution in [0.5, 0.6) is 0 Å². The van der Waals surface area contributed by atoms with E-state index in [9.17, 15) is 9.18 Å². The van der Waals surface area contributed by atoms with E-state index >= 15 is 0 Å². The molecule has 3 N–H and O–H groups in total. The Bertz CT molecular complexity index is 414. The van der Waals surface area contributed by atoms with Crippen molar-refractivity contribution in [3.8, 4) is 0 Å². The minimum atomic E-state index is -0.374. The molecule has 0 aromatic heterocycles. The van der Waals surface area contributed by atoms with Gasteiger partial charge in [0.05, 0.1) is 6.04 Å². The van der Waals surface area contributed by atoms with Crippen LogP contribution < -0.4 is 11.1 Å². The second kappa shape index (κ2) is 5.48. The zero-order chi connectivity index (χ0) is 13.1. The normalized spacial score (nSPS) is 19.0. The summed E-state index contributed by atoms with van der Waals surface area (Å²) in [5.74, 6) is -0.0900. The monoisotopic (exact) mass is 250 g/mol. The van der Waals surface area contributed by atoms with Crippen molar-refractivity contribution in [1.29, 1.82) is 0 Å². The number of halogens is 1. The summed E-state index contributed by atoms with van der Waals surface area (Å²) in [6.45, 7) is 1.76. The Morgan fingerprint density at radius 2 is 2.00 bits per heavy atom. The molecule has 1 aliphatic rings. The number of carbonyl (C=O) groups is 1. The lowest BCUT2D eigenvalue weighted by Crippen LogP contribution is -2.44. The van der Waals surface area contributed by atoms with E-state index < -0.39 is 0 Å². The van der Waals surface area contributed by atoms with Crippen molar-refractivity contribution in [2.75, 3.05) is 0 Å². The van der Waals surface area contributed by atoms with Crippen LogP contribution in [-0.2, 0) is 4.79 Å². The van der Waals surface area contributed by atoms with Crippen LogP contribution in [0.3, 0.4) is 0 Å². The highest BCUT2D eigenvalue weighted by Crippen LogP contribution is 2.37. The molecule has 1 aliphatic carbocycles. The molecule has 4 heteroatoms. The first kappa shape index (κ1) is 13.0. The molecular weight excluding hydrogens is 231 g/mol. The highest BCUT2D eigenvalue weighted by Gasteiger charge is 2.30. The summed E-state index contributed by atoms with van der Waals surface area (Å²) in [4.78, 5) is 11.1. The second-order valence-corrected chi connectivity index (χ2v) is 5.01. The van der Waals surface area contributed by atoms with Crippen molar-refractivity contribution in [1.82, 2.24) is 5.32 Å². The van der Waals surface area contributed by atoms with Gasteiger partial charge in [-0.15, -0.1) is 0 Å². The van der Waals surface area contributed by atoms with Gasteiger partial charge in [-0.25, -0.2) is 4.39 Å². The van der Waals surface area contributed by atoms with Crippen molar-refractivity contribution in [3.05, 3.63) is 35.6 Å². The standard InChI is InChI=1S/C14H19FN2O/c1-9(14(16)18)17-13(10-3-2-4-10)11-5-7-12(15)8-6-11/h5-10,13,17H,2-4H2,1H3,(H2,16,18)/t9-,13+/m0/s1. The maximum atomic E-state index is 12.9. The van der Waals surface area contributed by atoms with Gasteiger partial charge in [0.2, 0.25) is 5.91 Å². The van der Waals surface area contributed by atoms with E-state index in [1.807, 2.05) is 0 Å². The SMILES string of the molecule is C[C@H](N[C@@H](c1ccc(F)cc1)C1CCC1)C(N)=O. The molecule has 3 nitrogen and oxygen atoms in total. The molecule has 2 rings (SSSR count). The molecule has 98 valence electrons. The number of hydrogen-bond donors (Lipinski definition) is 2. The van der Waals surface area contributed by atoms with E-state index in [1.54, 1.807) is 19.1 Å². The van der Waals surface area contributed by atoms with Crippen LogP contribution in [0.25, 0.3) is 0 Å². The van der Waals surface area contributed by atoms with Gasteiger partial charge in [0, 0.05) is 6.04 Å². The van der Waals surface area contributed by atoms with Crippen LogP contribution in [0, 0.1) is 11.7 Å². The van der Waals surface area contributed by atoms with Gasteiger partial charge in [-0.05, 0) is 43.4 Å². The summed E-state index contributed by atoms with van der Waals surface area (Å²) < 4.78 is 12.9. The Morgan fingerprint density at radius 3 is 2.44 bits per heavy atom. The molecule has 0 spiro atoms. The van der Waals surface area contributed by atoms with Crippen LogP contribution in [0.2, 0.25) is 0 Å². The predicted octanol–water partition coefficient (Wildman–Crippen LogP) is 2.13. The maximum Gasteiger partial charge on any atom is 0.234 e. The van der Waals surface area contributed by atoms with Crippen molar-refractivity contribution < 1.29 is 9.18 Å². The number of carbonyl (C=O) groups excluding carboxylic acids is 1. The van der Waals surface area contributed by atoms with Gasteiger partial charge < -0.3 is 5.73 Å². The van der Waals surface area contributed by atoms with Gasteiger partial charge in [-0.1, -0.05) is 18.6 Å². The number of nitrogens with one attached hydrogen (secondary N) is 1. The van der Waals surface area contributed by atoms with Crippen molar-refractivity contribution >= 4 is 5.91 Å². The average molecular weight is 250 g/mol. The van der Waals surface area contributed by atoms with Gasteiger partial charge in [0.1, 0.15) is 5.82 Å². The number of nitrogens with two attached hydrogens (primary N) is 1. The van der Waals surface area contributed by atoms with E-state index in [2.05, 4.69) is 5.32 Å². The van der Waals surface area contributed by atoms with Crippen LogP contribution in [0.15, 0.2) is 24.3 Å². The van der Waals surface area contributed by atoms with Crippen LogP contribution >= 0.6 is 0 Å². The van der Waals surface area contributed by atoms with E-state index in [0.717, 1.165) is 18.4 Å². The smallest absolute Gasteiger partial charge is 0.234 e. The Labute approximate surface area is 107 Å². The fourth-order valence-electron chi connectivity index (χ4n) is 2.30. The zero-order valence-corrected chi connectivity index (χ0v) is 10.5. The third kappa shape index (κ3) is 2.88. The first-order chi connectivity index (χ1) is 8.58. The molecule has 1 saturated carbocycles. The average Bonchev–Trinajstić information content (AvgIpc) is 2.26. The highest BCUT2D eigenvalue weighted by atomic mass is 19.1. The lowest BCUT2D eigenvalue weighted by atomic mass is 9.77. The van der Waals surface area contributed by atoms with E-state index in [1.165, 1.54) is 18.6 Å². The van der Waals surface area contributed by atoms with Crippen molar-refractivity contribution in [2.24, 2.45) is 11.7 Å². The van der Waals surface area contributed by atoms with Gasteiger partial charge in [0.15, 0.2) is 0 Å². The molecule has 1 aromatic carbocycles. The summed E-state index contributed by atoms with van der Waals surface area (Å²) in [6, 6.07) is 6.18. The first-order valence-electron chi connectivity index (χ1n) is 6.39. The second-order valence-electron chi connectivity index (χ2n) is 5.01. The Balaban J connectivity index is 2.14. The molecule has 0 saturated heterocycles. The molecule has 2 atom stereocenters. The number of amides is 1. The van der Waals surface area contributed by atoms with Gasteiger partial charge in [-0.2, -0.15) is 0 Å². The Hall–Kier alpha value is -1.42. The Morgan fingerprint density at radius 1 is 1.39 bits per heavy atom. The number of hydrogen-bond acceptors (Lipinski definition) is 2. The summed E-state index contributed by atoms with van der Waals surface area (Å²) in [5.41, 5.74) is 6.31. The van der Waals surface area contributed by atoms with E-state index in [-0.39, 0.29) is 23.8 Å². The summed E-state index contributed by atoms with van der Waals surface area (Å²) in [5, 5.41) is 3.26. The topological polar surface area (TPSA) is 55.1 Å². The summed E-state index contributed by atoms with van der Waals surface area (Å²) >= 11 is 0. The largest absolute Gasteiger partial charge is 0.368 e. The van der Waals surface area contributed by atoms with Gasteiger partial charge in [-0.3, -0.25) is 10.1 Å². The quantitative estimate of drug-likeness (QED) is 0.841. The fraction of sp³-hybridized carbons (Fsp3) is 0.500. The first-order valence-corrected chi connectivity index (χ1v) is 6.39. The van der Waals surface area contributed by atoms with Crippen LogP contribution in [0.1, 0.15) is 37.8 Å². The number of benzene rings is 1. The molecule has 1 amide bonds. The maximum absolute atomic E-state index is 12.9. The van der Waals surface area contributed by atoms with E-state index in [4.69, 9.17) is 5.73 Å². The minimum Gasteiger partial charge on any atom is -0.368 e. The number of rotatable bonds is 5. The Kier molecular flexibility index (Phi) is 3.97. The molecule has 1 aromatic rings. The lowest BCUT2D eigenvalue weighted by Gasteiger charge is -2.36. The number of primary amides is 1. The summed E-state index contributed by atoms with van der Waals surface area (Å²) in [6.07, 6.45) is 3.50. The molecule has 0 radical (unpaired) electrons. The molecule has 0 bridgehead atoms. The van der Waals surface area contributed by atoms with Gasteiger partial charge in [0.25, 0.3) is 0 Å². The molecule has 0 aliphatic heterocycles. The molecular formula is C14H19FN2O. The van der Waals surface area contributed by atoms with Crippen LogP contribution in [0.4, 0.5) is 4.39 Å². The van der Waals surface area contributed by atoms with Crippen molar-refractivity contribution in [3.63, 3.8) is 0 Å². The highest BCUT2D eigenvalue weighted by molar-refractivity contribution is 5.79. The summed E-state index contributed by atoms with van der Waals surface area (Å²) in [7, 11) is 0. The predicted molar refractivity (Wildman–Crippen MR) is 68.3 cm³/mol. The van der Waals surface area contributed by atoms with E-state index in [0.29, 0.717) is 5.92 Å². The molecule has 1 fully saturated rings. The third-order valence-corrected chi connectivity index (χ3v) is 3.71. The lowest BCUT2D eigenvalue weighted by molar-refractivity contribution is -0.120. The van der Waals surface area contributed by atoms with Gasteiger partial charge >= 0.3 is 0 Å². The molecule has 0 unspecified atom stereocenters. The van der Waals surface area contributed by atoms with Crippen molar-refractivity contribution in [2.45, 2.75) is 38.3 Å². The zero-order valence-electron chi connectivity index (χ0n) is 10.5.